The van der Waals surface area contributed by atoms with Crippen molar-refractivity contribution in [2.75, 3.05) is 39.8 Å². The van der Waals surface area contributed by atoms with Crippen LogP contribution in [0.1, 0.15) is 50.0 Å². The molecule has 2 aliphatic heterocycles. The molecule has 1 atom stereocenters. The SMILES string of the molecule is CN1CCCC[C@@H]1CC(=O)NCCN1CCC(c2ccccc2)CC1. The fraction of sp³-hybridized carbons (Fsp3) is 0.667. The number of hydrogen-bond acceptors (Lipinski definition) is 3. The van der Waals surface area contributed by atoms with Crippen LogP contribution in [0.5, 0.6) is 0 Å². The van der Waals surface area contributed by atoms with Crippen molar-refractivity contribution in [3.63, 3.8) is 0 Å². The molecule has 0 saturated carbocycles. The largest absolute Gasteiger partial charge is 0.355 e. The topological polar surface area (TPSA) is 35.6 Å². The number of amides is 1. The Hall–Kier alpha value is -1.39. The number of benzene rings is 1. The molecule has 2 saturated heterocycles. The van der Waals surface area contributed by atoms with E-state index in [9.17, 15) is 4.79 Å². The number of nitrogens with one attached hydrogen (secondary N) is 1. The molecule has 25 heavy (non-hydrogen) atoms. The first kappa shape index (κ1) is 18.4. The molecule has 0 radical (unpaired) electrons. The maximum Gasteiger partial charge on any atom is 0.221 e. The smallest absolute Gasteiger partial charge is 0.221 e. The molecular weight excluding hydrogens is 310 g/mol. The highest BCUT2D eigenvalue weighted by atomic mass is 16.1. The molecular formula is C21H33N3O. The van der Waals surface area contributed by atoms with Gasteiger partial charge < -0.3 is 15.1 Å². The van der Waals surface area contributed by atoms with Gasteiger partial charge in [0.1, 0.15) is 0 Å². The van der Waals surface area contributed by atoms with Crippen LogP contribution < -0.4 is 5.32 Å². The van der Waals surface area contributed by atoms with Crippen LogP contribution in [0.15, 0.2) is 30.3 Å². The lowest BCUT2D eigenvalue weighted by Crippen LogP contribution is -2.42. The van der Waals surface area contributed by atoms with Crippen LogP contribution >= 0.6 is 0 Å². The van der Waals surface area contributed by atoms with E-state index in [4.69, 9.17) is 0 Å². The van der Waals surface area contributed by atoms with E-state index >= 15 is 0 Å². The summed E-state index contributed by atoms with van der Waals surface area (Å²) in [6.45, 7) is 5.18. The number of piperidine rings is 2. The van der Waals surface area contributed by atoms with Gasteiger partial charge in [-0.25, -0.2) is 0 Å². The average Bonchev–Trinajstić information content (AvgIpc) is 2.65. The third-order valence-corrected chi connectivity index (χ3v) is 5.95. The van der Waals surface area contributed by atoms with Crippen LogP contribution in [-0.4, -0.2) is 61.5 Å². The quantitative estimate of drug-likeness (QED) is 0.863. The molecule has 3 rings (SSSR count). The van der Waals surface area contributed by atoms with Gasteiger partial charge in [-0.05, 0) is 63.8 Å². The van der Waals surface area contributed by atoms with Crippen molar-refractivity contribution in [1.29, 1.82) is 0 Å². The minimum atomic E-state index is 0.220. The molecule has 138 valence electrons. The normalized spacial score (nSPS) is 23.5. The third kappa shape index (κ3) is 5.55. The lowest BCUT2D eigenvalue weighted by Gasteiger charge is -2.33. The maximum atomic E-state index is 12.2. The van der Waals surface area contributed by atoms with Crippen LogP contribution in [0.4, 0.5) is 0 Å². The van der Waals surface area contributed by atoms with Crippen LogP contribution in [0.2, 0.25) is 0 Å². The van der Waals surface area contributed by atoms with Crippen molar-refractivity contribution in [2.24, 2.45) is 0 Å². The van der Waals surface area contributed by atoms with E-state index in [1.807, 2.05) is 0 Å². The van der Waals surface area contributed by atoms with Gasteiger partial charge in [-0.3, -0.25) is 4.79 Å². The summed E-state index contributed by atoms with van der Waals surface area (Å²) < 4.78 is 0. The summed E-state index contributed by atoms with van der Waals surface area (Å²) in [6.07, 6.45) is 6.81. The molecule has 0 aromatic heterocycles. The van der Waals surface area contributed by atoms with Gasteiger partial charge in [0.05, 0.1) is 0 Å². The fourth-order valence-electron chi connectivity index (χ4n) is 4.26. The highest BCUT2D eigenvalue weighted by molar-refractivity contribution is 5.76. The maximum absolute atomic E-state index is 12.2. The molecule has 2 aliphatic rings. The lowest BCUT2D eigenvalue weighted by molar-refractivity contribution is -0.122. The zero-order valence-corrected chi connectivity index (χ0v) is 15.6. The van der Waals surface area contributed by atoms with E-state index in [0.29, 0.717) is 18.4 Å². The summed E-state index contributed by atoms with van der Waals surface area (Å²) in [6, 6.07) is 11.3. The van der Waals surface area contributed by atoms with Crippen molar-refractivity contribution in [3.8, 4) is 0 Å². The van der Waals surface area contributed by atoms with Gasteiger partial charge in [0.2, 0.25) is 5.91 Å². The number of hydrogen-bond donors (Lipinski definition) is 1. The standard InChI is InChI=1S/C21H33N3O/c1-23-13-6-5-9-20(23)17-21(25)22-12-16-24-14-10-19(11-15-24)18-7-3-2-4-8-18/h2-4,7-8,19-20H,5-6,9-17H2,1H3,(H,22,25)/t20-/m1/s1. The Bertz CT molecular complexity index is 525. The van der Waals surface area contributed by atoms with Gasteiger partial charge in [-0.15, -0.1) is 0 Å². The van der Waals surface area contributed by atoms with E-state index in [0.717, 1.165) is 39.1 Å². The highest BCUT2D eigenvalue weighted by Gasteiger charge is 2.22. The first-order chi connectivity index (χ1) is 12.2. The van der Waals surface area contributed by atoms with Gasteiger partial charge in [-0.1, -0.05) is 36.8 Å². The molecule has 4 heteroatoms. The van der Waals surface area contributed by atoms with Crippen LogP contribution in [0.3, 0.4) is 0 Å². The minimum Gasteiger partial charge on any atom is -0.355 e. The highest BCUT2D eigenvalue weighted by Crippen LogP contribution is 2.27. The summed E-state index contributed by atoms with van der Waals surface area (Å²) in [4.78, 5) is 17.0. The molecule has 4 nitrogen and oxygen atoms in total. The summed E-state index contributed by atoms with van der Waals surface area (Å²) in [5.74, 6) is 0.923. The predicted molar refractivity (Wildman–Crippen MR) is 103 cm³/mol. The van der Waals surface area contributed by atoms with Crippen LogP contribution in [0.25, 0.3) is 0 Å². The third-order valence-electron chi connectivity index (χ3n) is 5.95. The van der Waals surface area contributed by atoms with Crippen LogP contribution in [0, 0.1) is 0 Å². The lowest BCUT2D eigenvalue weighted by atomic mass is 9.89. The fourth-order valence-corrected chi connectivity index (χ4v) is 4.26. The summed E-state index contributed by atoms with van der Waals surface area (Å²) in [7, 11) is 2.15. The number of nitrogens with zero attached hydrogens (tertiary/aromatic N) is 2. The van der Waals surface area contributed by atoms with E-state index in [1.165, 1.54) is 31.2 Å². The molecule has 2 fully saturated rings. The molecule has 0 unspecified atom stereocenters. The molecule has 1 N–H and O–H groups in total. The van der Waals surface area contributed by atoms with E-state index in [2.05, 4.69) is 52.5 Å². The Morgan fingerprint density at radius 3 is 2.56 bits per heavy atom. The van der Waals surface area contributed by atoms with Gasteiger partial charge in [0.15, 0.2) is 0 Å². The Morgan fingerprint density at radius 2 is 1.84 bits per heavy atom. The van der Waals surface area contributed by atoms with Crippen molar-refractivity contribution >= 4 is 5.91 Å². The zero-order chi connectivity index (χ0) is 17.5. The second kappa shape index (κ2) is 9.35. The molecule has 1 aromatic rings. The van der Waals surface area contributed by atoms with E-state index in [-0.39, 0.29) is 5.91 Å². The molecule has 0 bridgehead atoms. The van der Waals surface area contributed by atoms with Gasteiger partial charge >= 0.3 is 0 Å². The van der Waals surface area contributed by atoms with Crippen molar-refractivity contribution in [3.05, 3.63) is 35.9 Å². The molecule has 2 heterocycles. The second-order valence-electron chi connectivity index (χ2n) is 7.71. The first-order valence-corrected chi connectivity index (χ1v) is 9.96. The van der Waals surface area contributed by atoms with Gasteiger partial charge in [-0.2, -0.15) is 0 Å². The first-order valence-electron chi connectivity index (χ1n) is 9.96. The number of likely N-dealkylation sites (tertiary alicyclic amines) is 2. The predicted octanol–water partition coefficient (Wildman–Crippen LogP) is 2.86. The van der Waals surface area contributed by atoms with E-state index < -0.39 is 0 Å². The number of carbonyl (C=O) groups is 1. The Labute approximate surface area is 152 Å². The number of rotatable bonds is 6. The average molecular weight is 344 g/mol. The molecule has 0 spiro atoms. The Morgan fingerprint density at radius 1 is 1.08 bits per heavy atom. The van der Waals surface area contributed by atoms with Gasteiger partial charge in [0, 0.05) is 25.6 Å². The minimum absolute atomic E-state index is 0.220. The molecule has 1 amide bonds. The summed E-state index contributed by atoms with van der Waals surface area (Å²) in [5.41, 5.74) is 1.48. The Balaban J connectivity index is 1.31. The van der Waals surface area contributed by atoms with Crippen LogP contribution in [-0.2, 0) is 4.79 Å². The number of carbonyl (C=O) groups excluding carboxylic acids is 1. The Kier molecular flexibility index (Phi) is 6.88. The molecule has 1 aromatic carbocycles. The van der Waals surface area contributed by atoms with Gasteiger partial charge in [0.25, 0.3) is 0 Å². The summed E-state index contributed by atoms with van der Waals surface area (Å²) in [5, 5.41) is 3.13. The summed E-state index contributed by atoms with van der Waals surface area (Å²) >= 11 is 0. The van der Waals surface area contributed by atoms with E-state index in [1.54, 1.807) is 0 Å². The monoisotopic (exact) mass is 343 g/mol. The zero-order valence-electron chi connectivity index (χ0n) is 15.6. The van der Waals surface area contributed by atoms with Crippen molar-refractivity contribution in [2.45, 2.75) is 50.5 Å². The molecule has 0 aliphatic carbocycles. The van der Waals surface area contributed by atoms with Crippen molar-refractivity contribution in [1.82, 2.24) is 15.1 Å². The van der Waals surface area contributed by atoms with Crippen molar-refractivity contribution < 1.29 is 4.79 Å². The second-order valence-corrected chi connectivity index (χ2v) is 7.71.